The smallest absolute Gasteiger partial charge is 0.338 e. The van der Waals surface area contributed by atoms with Crippen molar-refractivity contribution in [1.82, 2.24) is 0 Å². The van der Waals surface area contributed by atoms with Crippen LogP contribution in [0.15, 0.2) is 24.5 Å². The minimum Gasteiger partial charge on any atom is -0.431 e. The van der Waals surface area contributed by atoms with Crippen LogP contribution < -0.4 is 0 Å². The lowest BCUT2D eigenvalue weighted by Gasteiger charge is -1.97. The fraction of sp³-hybridized carbons (Fsp3) is 0.444. The van der Waals surface area contributed by atoms with Crippen molar-refractivity contribution in [2.75, 3.05) is 0 Å². The summed E-state index contributed by atoms with van der Waals surface area (Å²) in [7, 11) is 0. The minimum atomic E-state index is -0.336. The van der Waals surface area contributed by atoms with Crippen molar-refractivity contribution in [3.05, 3.63) is 24.5 Å². The maximum atomic E-state index is 10.9. The van der Waals surface area contributed by atoms with Crippen molar-refractivity contribution in [3.63, 3.8) is 0 Å². The molecule has 0 saturated heterocycles. The molecule has 0 aliphatic rings. The van der Waals surface area contributed by atoms with E-state index in [9.17, 15) is 4.79 Å². The molecule has 0 atom stereocenters. The standard InChI is InChI=1S/C9H14O2/c1-4-6-7-11-9(10)8(3)5-2/h6-7H,3-5H2,1-2H3/b7-6+. The van der Waals surface area contributed by atoms with Crippen LogP contribution in [0.5, 0.6) is 0 Å². The van der Waals surface area contributed by atoms with Crippen LogP contribution >= 0.6 is 0 Å². The molecule has 0 unspecified atom stereocenters. The number of carbonyl (C=O) groups is 1. The van der Waals surface area contributed by atoms with E-state index in [1.807, 2.05) is 13.8 Å². The predicted octanol–water partition coefficient (Wildman–Crippen LogP) is 2.42. The van der Waals surface area contributed by atoms with Gasteiger partial charge in [-0.25, -0.2) is 4.79 Å². The van der Waals surface area contributed by atoms with Gasteiger partial charge in [0.25, 0.3) is 0 Å². The van der Waals surface area contributed by atoms with E-state index in [-0.39, 0.29) is 5.97 Å². The number of carbonyl (C=O) groups excluding carboxylic acids is 1. The van der Waals surface area contributed by atoms with Gasteiger partial charge < -0.3 is 4.74 Å². The average Bonchev–Trinajstić information content (AvgIpc) is 2.03. The molecule has 62 valence electrons. The molecule has 0 fully saturated rings. The summed E-state index contributed by atoms with van der Waals surface area (Å²) in [4.78, 5) is 10.9. The molecular weight excluding hydrogens is 140 g/mol. The van der Waals surface area contributed by atoms with Gasteiger partial charge in [0.15, 0.2) is 0 Å². The van der Waals surface area contributed by atoms with Crippen molar-refractivity contribution >= 4 is 5.97 Å². The van der Waals surface area contributed by atoms with Crippen molar-refractivity contribution in [2.45, 2.75) is 26.7 Å². The van der Waals surface area contributed by atoms with Crippen LogP contribution in [-0.2, 0) is 9.53 Å². The molecule has 0 bridgehead atoms. The topological polar surface area (TPSA) is 26.3 Å². The van der Waals surface area contributed by atoms with Gasteiger partial charge in [-0.05, 0) is 18.9 Å². The molecule has 0 spiro atoms. The van der Waals surface area contributed by atoms with Crippen molar-refractivity contribution in [2.24, 2.45) is 0 Å². The van der Waals surface area contributed by atoms with Gasteiger partial charge in [0.1, 0.15) is 0 Å². The Morgan fingerprint density at radius 2 is 2.18 bits per heavy atom. The fourth-order valence-corrected chi connectivity index (χ4v) is 0.434. The van der Waals surface area contributed by atoms with E-state index >= 15 is 0 Å². The lowest BCUT2D eigenvalue weighted by molar-refractivity contribution is -0.133. The first kappa shape index (κ1) is 9.95. The third kappa shape index (κ3) is 4.37. The molecule has 2 heteroatoms. The molecule has 0 aliphatic carbocycles. The van der Waals surface area contributed by atoms with Crippen LogP contribution in [0.2, 0.25) is 0 Å². The second-order valence-electron chi connectivity index (χ2n) is 2.14. The quantitative estimate of drug-likeness (QED) is 0.353. The van der Waals surface area contributed by atoms with Crippen LogP contribution in [0.4, 0.5) is 0 Å². The van der Waals surface area contributed by atoms with E-state index in [1.165, 1.54) is 6.26 Å². The lowest BCUT2D eigenvalue weighted by atomic mass is 10.2. The van der Waals surface area contributed by atoms with E-state index in [4.69, 9.17) is 4.74 Å². The molecule has 2 nitrogen and oxygen atoms in total. The van der Waals surface area contributed by atoms with Crippen molar-refractivity contribution < 1.29 is 9.53 Å². The summed E-state index contributed by atoms with van der Waals surface area (Å²) < 4.78 is 4.72. The van der Waals surface area contributed by atoms with Gasteiger partial charge in [0.2, 0.25) is 0 Å². The predicted molar refractivity (Wildman–Crippen MR) is 45.0 cm³/mol. The van der Waals surface area contributed by atoms with Gasteiger partial charge in [-0.2, -0.15) is 0 Å². The molecule has 0 aromatic rings. The molecule has 0 aromatic carbocycles. The van der Waals surface area contributed by atoms with Crippen molar-refractivity contribution in [3.8, 4) is 0 Å². The Morgan fingerprint density at radius 1 is 1.55 bits per heavy atom. The first-order valence-electron chi connectivity index (χ1n) is 3.76. The molecule has 0 aromatic heterocycles. The normalized spacial score (nSPS) is 10.0. The number of esters is 1. The highest BCUT2D eigenvalue weighted by atomic mass is 16.5. The molecule has 0 radical (unpaired) electrons. The zero-order valence-corrected chi connectivity index (χ0v) is 7.09. The molecule has 0 N–H and O–H groups in total. The number of allylic oxidation sites excluding steroid dienone is 1. The number of rotatable bonds is 4. The average molecular weight is 154 g/mol. The largest absolute Gasteiger partial charge is 0.431 e. The van der Waals surface area contributed by atoms with Gasteiger partial charge in [0, 0.05) is 5.57 Å². The summed E-state index contributed by atoms with van der Waals surface area (Å²) in [5.74, 6) is -0.336. The Kier molecular flexibility index (Phi) is 5.17. The third-order valence-electron chi connectivity index (χ3n) is 1.22. The van der Waals surface area contributed by atoms with E-state index in [0.717, 1.165) is 6.42 Å². The summed E-state index contributed by atoms with van der Waals surface area (Å²) in [5, 5.41) is 0. The Bertz CT molecular complexity index is 168. The lowest BCUT2D eigenvalue weighted by Crippen LogP contribution is -2.01. The number of hydrogen-bond donors (Lipinski definition) is 0. The Balaban J connectivity index is 3.69. The molecule has 0 rings (SSSR count). The third-order valence-corrected chi connectivity index (χ3v) is 1.22. The minimum absolute atomic E-state index is 0.336. The summed E-state index contributed by atoms with van der Waals surface area (Å²) in [6, 6.07) is 0. The maximum absolute atomic E-state index is 10.9. The molecule has 0 saturated carbocycles. The maximum Gasteiger partial charge on any atom is 0.338 e. The van der Waals surface area contributed by atoms with Crippen LogP contribution in [0.1, 0.15) is 26.7 Å². The zero-order chi connectivity index (χ0) is 8.69. The van der Waals surface area contributed by atoms with Crippen LogP contribution in [0, 0.1) is 0 Å². The highest BCUT2D eigenvalue weighted by Crippen LogP contribution is 1.99. The molecule has 0 amide bonds. The molecule has 0 heterocycles. The van der Waals surface area contributed by atoms with Gasteiger partial charge in [-0.1, -0.05) is 20.4 Å². The Hall–Kier alpha value is -1.05. The number of hydrogen-bond acceptors (Lipinski definition) is 2. The van der Waals surface area contributed by atoms with Crippen LogP contribution in [0.3, 0.4) is 0 Å². The van der Waals surface area contributed by atoms with Gasteiger partial charge in [-0.15, -0.1) is 0 Å². The van der Waals surface area contributed by atoms with E-state index in [1.54, 1.807) is 6.08 Å². The first-order chi connectivity index (χ1) is 5.22. The Morgan fingerprint density at radius 3 is 2.64 bits per heavy atom. The van der Waals surface area contributed by atoms with E-state index in [0.29, 0.717) is 12.0 Å². The molecular formula is C9H14O2. The second-order valence-corrected chi connectivity index (χ2v) is 2.14. The van der Waals surface area contributed by atoms with E-state index in [2.05, 4.69) is 6.58 Å². The van der Waals surface area contributed by atoms with Crippen molar-refractivity contribution in [1.29, 1.82) is 0 Å². The summed E-state index contributed by atoms with van der Waals surface area (Å²) >= 11 is 0. The van der Waals surface area contributed by atoms with Crippen LogP contribution in [-0.4, -0.2) is 5.97 Å². The summed E-state index contributed by atoms with van der Waals surface area (Å²) in [6.07, 6.45) is 4.69. The second kappa shape index (κ2) is 5.71. The fourth-order valence-electron chi connectivity index (χ4n) is 0.434. The van der Waals surface area contributed by atoms with Crippen LogP contribution in [0.25, 0.3) is 0 Å². The monoisotopic (exact) mass is 154 g/mol. The summed E-state index contributed by atoms with van der Waals surface area (Å²) in [6.45, 7) is 7.38. The highest BCUT2D eigenvalue weighted by molar-refractivity contribution is 5.87. The van der Waals surface area contributed by atoms with Gasteiger partial charge >= 0.3 is 5.97 Å². The summed E-state index contributed by atoms with van der Waals surface area (Å²) in [5.41, 5.74) is 0.505. The Labute approximate surface area is 67.6 Å². The zero-order valence-electron chi connectivity index (χ0n) is 7.09. The highest BCUT2D eigenvalue weighted by Gasteiger charge is 2.02. The molecule has 0 aliphatic heterocycles. The van der Waals surface area contributed by atoms with Gasteiger partial charge in [0.05, 0.1) is 6.26 Å². The molecule has 11 heavy (non-hydrogen) atoms. The SMILES string of the molecule is C=C(CC)C(=O)O/C=C/CC. The first-order valence-corrected chi connectivity index (χ1v) is 3.76. The number of ether oxygens (including phenoxy) is 1. The van der Waals surface area contributed by atoms with Gasteiger partial charge in [-0.3, -0.25) is 0 Å². The van der Waals surface area contributed by atoms with E-state index < -0.39 is 0 Å².